The Hall–Kier alpha value is -0.850. The van der Waals surface area contributed by atoms with Crippen LogP contribution in [0.2, 0.25) is 0 Å². The molecule has 0 bridgehead atoms. The van der Waals surface area contributed by atoms with Gasteiger partial charge in [-0.15, -0.1) is 11.3 Å². The van der Waals surface area contributed by atoms with Gasteiger partial charge in [0.25, 0.3) is 0 Å². The zero-order valence-corrected chi connectivity index (χ0v) is 9.37. The standard InChI is InChI=1S/C10H6BrNS/c1-6-9-7(5-12)3-2-4-8(9)13-10(6)11/h2-4H,1H3. The van der Waals surface area contributed by atoms with Crippen molar-refractivity contribution in [2.24, 2.45) is 0 Å². The van der Waals surface area contributed by atoms with Gasteiger partial charge < -0.3 is 0 Å². The Labute approximate surface area is 88.7 Å². The smallest absolute Gasteiger partial charge is 0.0998 e. The van der Waals surface area contributed by atoms with Crippen LogP contribution >= 0.6 is 27.3 Å². The third kappa shape index (κ3) is 1.27. The first-order chi connectivity index (χ1) is 6.24. The predicted molar refractivity (Wildman–Crippen MR) is 59.0 cm³/mol. The van der Waals surface area contributed by atoms with E-state index in [1.807, 2.05) is 25.1 Å². The summed E-state index contributed by atoms with van der Waals surface area (Å²) < 4.78 is 2.29. The van der Waals surface area contributed by atoms with Crippen molar-refractivity contribution in [1.82, 2.24) is 0 Å². The van der Waals surface area contributed by atoms with Crippen LogP contribution in [0.4, 0.5) is 0 Å². The number of fused-ring (bicyclic) bond motifs is 1. The van der Waals surface area contributed by atoms with E-state index in [0.717, 1.165) is 20.3 Å². The number of hydrogen-bond acceptors (Lipinski definition) is 2. The topological polar surface area (TPSA) is 23.8 Å². The molecule has 64 valence electrons. The number of benzene rings is 1. The Morgan fingerprint density at radius 2 is 2.23 bits per heavy atom. The number of aryl methyl sites for hydroxylation is 1. The zero-order valence-electron chi connectivity index (χ0n) is 6.97. The molecule has 2 rings (SSSR count). The minimum Gasteiger partial charge on any atom is -0.192 e. The number of nitrogens with zero attached hydrogens (tertiary/aromatic N) is 1. The molecule has 0 aliphatic heterocycles. The summed E-state index contributed by atoms with van der Waals surface area (Å²) in [6, 6.07) is 8.03. The van der Waals surface area contributed by atoms with Gasteiger partial charge in [-0.25, -0.2) is 0 Å². The average molecular weight is 252 g/mol. The van der Waals surface area contributed by atoms with Gasteiger partial charge in [-0.3, -0.25) is 0 Å². The maximum absolute atomic E-state index is 8.91. The molecule has 1 heterocycles. The molecule has 1 aromatic carbocycles. The fourth-order valence-electron chi connectivity index (χ4n) is 1.37. The van der Waals surface area contributed by atoms with Gasteiger partial charge in [0.1, 0.15) is 0 Å². The summed E-state index contributed by atoms with van der Waals surface area (Å²) in [6.45, 7) is 2.03. The molecule has 0 fully saturated rings. The number of hydrogen-bond donors (Lipinski definition) is 0. The Morgan fingerprint density at radius 1 is 1.46 bits per heavy atom. The molecule has 0 aliphatic carbocycles. The average Bonchev–Trinajstić information content (AvgIpc) is 2.43. The summed E-state index contributed by atoms with van der Waals surface area (Å²) in [6.07, 6.45) is 0. The van der Waals surface area contributed by atoms with Gasteiger partial charge in [-0.05, 0) is 40.5 Å². The number of nitriles is 1. The van der Waals surface area contributed by atoms with Crippen molar-refractivity contribution in [2.75, 3.05) is 0 Å². The zero-order chi connectivity index (χ0) is 9.42. The largest absolute Gasteiger partial charge is 0.192 e. The molecule has 0 amide bonds. The molecule has 0 N–H and O–H groups in total. The lowest BCUT2D eigenvalue weighted by Gasteiger charge is -1.93. The quantitative estimate of drug-likeness (QED) is 0.698. The molecule has 0 spiro atoms. The Bertz CT molecular complexity index is 507. The van der Waals surface area contributed by atoms with E-state index < -0.39 is 0 Å². The summed E-state index contributed by atoms with van der Waals surface area (Å²) in [7, 11) is 0. The molecule has 1 nitrogen and oxygen atoms in total. The molecule has 3 heteroatoms. The summed E-state index contributed by atoms with van der Waals surface area (Å²) in [5, 5.41) is 9.99. The third-order valence-electron chi connectivity index (χ3n) is 2.02. The second-order valence-corrected chi connectivity index (χ2v) is 5.16. The lowest BCUT2D eigenvalue weighted by Crippen LogP contribution is -1.76. The monoisotopic (exact) mass is 251 g/mol. The van der Waals surface area contributed by atoms with Gasteiger partial charge in [0.2, 0.25) is 0 Å². The van der Waals surface area contributed by atoms with Gasteiger partial charge in [-0.2, -0.15) is 5.26 Å². The summed E-state index contributed by atoms with van der Waals surface area (Å²) >= 11 is 5.15. The van der Waals surface area contributed by atoms with Crippen LogP contribution in [0, 0.1) is 18.3 Å². The van der Waals surface area contributed by atoms with Crippen molar-refractivity contribution in [3.05, 3.63) is 33.1 Å². The molecule has 0 unspecified atom stereocenters. The van der Waals surface area contributed by atoms with Crippen molar-refractivity contribution in [2.45, 2.75) is 6.92 Å². The molecule has 0 atom stereocenters. The lowest BCUT2D eigenvalue weighted by molar-refractivity contribution is 1.49. The third-order valence-corrected chi connectivity index (χ3v) is 4.14. The molecule has 2 aromatic rings. The Balaban J connectivity index is 2.97. The second-order valence-electron chi connectivity index (χ2n) is 2.79. The fourth-order valence-corrected chi connectivity index (χ4v) is 3.05. The van der Waals surface area contributed by atoms with Crippen molar-refractivity contribution >= 4 is 37.4 Å². The first-order valence-corrected chi connectivity index (χ1v) is 5.42. The van der Waals surface area contributed by atoms with Crippen LogP contribution in [0.1, 0.15) is 11.1 Å². The highest BCUT2D eigenvalue weighted by Gasteiger charge is 2.08. The first-order valence-electron chi connectivity index (χ1n) is 3.81. The van der Waals surface area contributed by atoms with Crippen LogP contribution in [-0.4, -0.2) is 0 Å². The van der Waals surface area contributed by atoms with E-state index in [1.165, 1.54) is 4.70 Å². The molecule has 0 aliphatic rings. The lowest BCUT2D eigenvalue weighted by atomic mass is 10.1. The van der Waals surface area contributed by atoms with E-state index in [9.17, 15) is 0 Å². The molecule has 0 saturated carbocycles. The van der Waals surface area contributed by atoms with Crippen molar-refractivity contribution < 1.29 is 0 Å². The van der Waals surface area contributed by atoms with Crippen molar-refractivity contribution in [3.63, 3.8) is 0 Å². The fraction of sp³-hybridized carbons (Fsp3) is 0.100. The molecule has 13 heavy (non-hydrogen) atoms. The molecule has 0 radical (unpaired) electrons. The SMILES string of the molecule is Cc1c(Br)sc2cccc(C#N)c12. The summed E-state index contributed by atoms with van der Waals surface area (Å²) in [5.74, 6) is 0. The van der Waals surface area contributed by atoms with Gasteiger partial charge in [0.15, 0.2) is 0 Å². The maximum Gasteiger partial charge on any atom is 0.0998 e. The van der Waals surface area contributed by atoms with E-state index in [4.69, 9.17) is 5.26 Å². The Kier molecular flexibility index (Phi) is 2.10. The molecular formula is C10H6BrNS. The Morgan fingerprint density at radius 3 is 2.92 bits per heavy atom. The molecular weight excluding hydrogens is 246 g/mol. The van der Waals surface area contributed by atoms with E-state index in [1.54, 1.807) is 11.3 Å². The number of halogens is 1. The molecule has 0 saturated heterocycles. The normalized spacial score (nSPS) is 10.2. The van der Waals surface area contributed by atoms with Crippen LogP contribution < -0.4 is 0 Å². The van der Waals surface area contributed by atoms with Crippen LogP contribution in [0.15, 0.2) is 22.0 Å². The predicted octanol–water partition coefficient (Wildman–Crippen LogP) is 3.84. The number of rotatable bonds is 0. The highest BCUT2D eigenvalue weighted by atomic mass is 79.9. The van der Waals surface area contributed by atoms with Gasteiger partial charge in [0.05, 0.1) is 15.4 Å². The summed E-state index contributed by atoms with van der Waals surface area (Å²) in [5.41, 5.74) is 1.93. The minimum atomic E-state index is 0.761. The first kappa shape index (κ1) is 8.74. The van der Waals surface area contributed by atoms with Crippen LogP contribution in [0.5, 0.6) is 0 Å². The van der Waals surface area contributed by atoms with Crippen LogP contribution in [0.3, 0.4) is 0 Å². The van der Waals surface area contributed by atoms with E-state index in [0.29, 0.717) is 0 Å². The van der Waals surface area contributed by atoms with Gasteiger partial charge in [0, 0.05) is 10.1 Å². The summed E-state index contributed by atoms with van der Waals surface area (Å²) in [4.78, 5) is 0. The van der Waals surface area contributed by atoms with E-state index in [2.05, 4.69) is 22.0 Å². The van der Waals surface area contributed by atoms with Crippen molar-refractivity contribution in [3.8, 4) is 6.07 Å². The highest BCUT2D eigenvalue weighted by molar-refractivity contribution is 9.11. The van der Waals surface area contributed by atoms with Crippen LogP contribution in [-0.2, 0) is 0 Å². The second kappa shape index (κ2) is 3.13. The maximum atomic E-state index is 8.91. The van der Waals surface area contributed by atoms with Crippen LogP contribution in [0.25, 0.3) is 10.1 Å². The van der Waals surface area contributed by atoms with Gasteiger partial charge in [-0.1, -0.05) is 6.07 Å². The van der Waals surface area contributed by atoms with E-state index >= 15 is 0 Å². The van der Waals surface area contributed by atoms with Crippen molar-refractivity contribution in [1.29, 1.82) is 5.26 Å². The number of thiophene rings is 1. The highest BCUT2D eigenvalue weighted by Crippen LogP contribution is 2.36. The minimum absolute atomic E-state index is 0.761. The molecule has 1 aromatic heterocycles. The van der Waals surface area contributed by atoms with Gasteiger partial charge >= 0.3 is 0 Å². The van der Waals surface area contributed by atoms with E-state index in [-0.39, 0.29) is 0 Å².